The zero-order valence-electron chi connectivity index (χ0n) is 39.5. The topological polar surface area (TPSA) is 186 Å². The number of aliphatic hydroxyl groups is 1. The molecule has 1 fully saturated rings. The highest BCUT2D eigenvalue weighted by Gasteiger charge is 2.35. The van der Waals surface area contributed by atoms with Crippen LogP contribution in [0.4, 0.5) is 28.7 Å². The number of allylic oxidation sites excluding steroid dienone is 1. The quantitative estimate of drug-likeness (QED) is 0.0589. The molecule has 3 aromatic carbocycles. The molecule has 0 radical (unpaired) electrons. The first kappa shape index (κ1) is 46.4. The summed E-state index contributed by atoms with van der Waals surface area (Å²) in [5.41, 5.74) is 3.24. The second-order valence-electron chi connectivity index (χ2n) is 18.9. The van der Waals surface area contributed by atoms with Crippen LogP contribution in [0.3, 0.4) is 0 Å². The zero-order chi connectivity index (χ0) is 47.7. The van der Waals surface area contributed by atoms with Crippen molar-refractivity contribution in [2.24, 2.45) is 15.6 Å². The molecule has 5 heterocycles. The monoisotopic (exact) mass is 909 g/mol. The summed E-state index contributed by atoms with van der Waals surface area (Å²) in [7, 11) is 3.18. The molecule has 0 aliphatic carbocycles. The number of pyridine rings is 1. The van der Waals surface area contributed by atoms with E-state index < -0.39 is 11.2 Å². The number of aromatic nitrogens is 5. The summed E-state index contributed by atoms with van der Waals surface area (Å²) in [6.07, 6.45) is 3.92. The summed E-state index contributed by atoms with van der Waals surface area (Å²) in [6.45, 7) is 21.0. The van der Waals surface area contributed by atoms with E-state index in [-0.39, 0.29) is 23.4 Å². The van der Waals surface area contributed by atoms with E-state index in [0.29, 0.717) is 69.2 Å². The molecule has 3 aromatic heterocycles. The maximum absolute atomic E-state index is 13.5. The molecule has 1 amide bonds. The fourth-order valence-electron chi connectivity index (χ4n) is 9.13. The summed E-state index contributed by atoms with van der Waals surface area (Å²) in [4.78, 5) is 44.4. The molecule has 3 N–H and O–H groups in total. The van der Waals surface area contributed by atoms with Gasteiger partial charge in [0.05, 0.1) is 37.8 Å². The second-order valence-corrected chi connectivity index (χ2v) is 18.9. The maximum Gasteiger partial charge on any atom is 0.278 e. The van der Waals surface area contributed by atoms with Crippen molar-refractivity contribution in [2.75, 3.05) is 57.2 Å². The molecule has 1 saturated heterocycles. The van der Waals surface area contributed by atoms with Crippen LogP contribution in [0.15, 0.2) is 107 Å². The van der Waals surface area contributed by atoms with E-state index in [2.05, 4.69) is 87.0 Å². The van der Waals surface area contributed by atoms with Crippen LogP contribution in [-0.2, 0) is 18.7 Å². The number of benzene rings is 3. The third-order valence-corrected chi connectivity index (χ3v) is 11.9. The van der Waals surface area contributed by atoms with Gasteiger partial charge in [-0.3, -0.25) is 14.5 Å². The largest absolute Gasteiger partial charge is 0.493 e. The smallest absolute Gasteiger partial charge is 0.278 e. The van der Waals surface area contributed by atoms with Crippen molar-refractivity contribution >= 4 is 45.6 Å². The molecule has 17 nitrogen and oxygen atoms in total. The van der Waals surface area contributed by atoms with Crippen molar-refractivity contribution in [3.63, 3.8) is 0 Å². The van der Waals surface area contributed by atoms with Gasteiger partial charge in [0.25, 0.3) is 11.5 Å². The van der Waals surface area contributed by atoms with Crippen LogP contribution in [0.5, 0.6) is 17.2 Å². The fraction of sp³-hybridized carbons (Fsp3) is 0.380. The van der Waals surface area contributed by atoms with Gasteiger partial charge in [-0.25, -0.2) is 19.3 Å². The number of nitrogens with zero attached hydrogens (tertiary/aromatic N) is 9. The Morgan fingerprint density at radius 1 is 0.896 bits per heavy atom. The Labute approximate surface area is 390 Å². The van der Waals surface area contributed by atoms with Crippen LogP contribution in [0.2, 0.25) is 0 Å². The van der Waals surface area contributed by atoms with E-state index >= 15 is 0 Å². The van der Waals surface area contributed by atoms with Gasteiger partial charge in [-0.05, 0) is 88.1 Å². The van der Waals surface area contributed by atoms with Crippen LogP contribution >= 0.6 is 0 Å². The number of fused-ring (bicyclic) bond motifs is 2. The first-order valence-electron chi connectivity index (χ1n) is 22.4. The number of piperazine rings is 1. The van der Waals surface area contributed by atoms with Crippen LogP contribution in [0.1, 0.15) is 69.6 Å². The number of hydrogen-bond donors (Lipinski definition) is 3. The van der Waals surface area contributed by atoms with Crippen molar-refractivity contribution in [3.8, 4) is 23.1 Å². The summed E-state index contributed by atoms with van der Waals surface area (Å²) >= 11 is 0. The standard InChI is InChI=1S/C50H59N11O6/c1-10-21-60-46(63)37-29-52-47(55-44(37)61(60)42-16-12-15-41(54-42)50(6,7)64)53-32-17-19-34(20-18-32)59-24-22-58(23-25-59)31-48(2,3)30-49(4,5)67-43-39(65-8)26-33(27-40(43)66-9)56-57-38-14-11-13-35-36(38)28-51-45(35)62/h10-20,26-27,29,64H,1,21-25,28,30-31H2,2-9H3,(H,51,62)(H,52,53,55)/b57-56-. The van der Waals surface area contributed by atoms with Crippen LogP contribution in [-0.4, -0.2) is 92.8 Å². The van der Waals surface area contributed by atoms with Crippen molar-refractivity contribution in [3.05, 3.63) is 119 Å². The third-order valence-electron chi connectivity index (χ3n) is 11.9. The van der Waals surface area contributed by atoms with Gasteiger partial charge in [-0.1, -0.05) is 32.1 Å². The molecule has 6 aromatic rings. The number of rotatable bonds is 17. The summed E-state index contributed by atoms with van der Waals surface area (Å²) in [5.74, 6) is 2.12. The van der Waals surface area contributed by atoms with Crippen LogP contribution in [0.25, 0.3) is 16.9 Å². The van der Waals surface area contributed by atoms with Gasteiger partial charge in [0.2, 0.25) is 11.7 Å². The molecule has 67 heavy (non-hydrogen) atoms. The minimum Gasteiger partial charge on any atom is -0.493 e. The predicted octanol–water partition coefficient (Wildman–Crippen LogP) is 8.21. The molecule has 0 spiro atoms. The second kappa shape index (κ2) is 18.6. The van der Waals surface area contributed by atoms with Gasteiger partial charge in [0.1, 0.15) is 16.6 Å². The maximum atomic E-state index is 13.5. The molecule has 2 aliphatic rings. The highest BCUT2D eigenvalue weighted by molar-refractivity contribution is 5.99. The highest BCUT2D eigenvalue weighted by atomic mass is 16.5. The lowest BCUT2D eigenvalue weighted by atomic mass is 9.81. The Morgan fingerprint density at radius 3 is 2.27 bits per heavy atom. The van der Waals surface area contributed by atoms with E-state index in [0.717, 1.165) is 56.1 Å². The molecule has 0 saturated carbocycles. The molecule has 2 aliphatic heterocycles. The number of anilines is 3. The average molecular weight is 910 g/mol. The van der Waals surface area contributed by atoms with Crippen molar-refractivity contribution < 1.29 is 24.1 Å². The Kier molecular flexibility index (Phi) is 12.9. The lowest BCUT2D eigenvalue weighted by Crippen LogP contribution is -2.50. The zero-order valence-corrected chi connectivity index (χ0v) is 39.5. The Bertz CT molecular complexity index is 2860. The number of amides is 1. The lowest BCUT2D eigenvalue weighted by Gasteiger charge is -2.42. The van der Waals surface area contributed by atoms with E-state index in [1.807, 2.05) is 18.2 Å². The number of nitrogens with one attached hydrogen (secondary N) is 2. The number of ether oxygens (including phenoxy) is 3. The summed E-state index contributed by atoms with van der Waals surface area (Å²) in [5, 5.41) is 26.1. The predicted molar refractivity (Wildman–Crippen MR) is 259 cm³/mol. The molecule has 8 rings (SSSR count). The van der Waals surface area contributed by atoms with E-state index in [9.17, 15) is 14.7 Å². The molecular formula is C50H59N11O6. The third kappa shape index (κ3) is 10.2. The van der Waals surface area contributed by atoms with Gasteiger partial charge < -0.3 is 34.9 Å². The van der Waals surface area contributed by atoms with Crippen molar-refractivity contribution in [2.45, 2.75) is 72.3 Å². The van der Waals surface area contributed by atoms with Crippen molar-refractivity contribution in [1.82, 2.24) is 34.5 Å². The van der Waals surface area contributed by atoms with Crippen LogP contribution < -0.4 is 35.3 Å². The fourth-order valence-corrected chi connectivity index (χ4v) is 9.13. The first-order valence-corrected chi connectivity index (χ1v) is 22.4. The molecule has 350 valence electrons. The van der Waals surface area contributed by atoms with E-state index in [4.69, 9.17) is 19.2 Å². The van der Waals surface area contributed by atoms with Gasteiger partial charge in [-0.15, -0.1) is 6.58 Å². The molecular weight excluding hydrogens is 851 g/mol. The van der Waals surface area contributed by atoms with Crippen LogP contribution in [0, 0.1) is 5.41 Å². The number of carbonyl (C=O) groups is 1. The van der Waals surface area contributed by atoms with E-state index in [1.165, 1.54) is 10.9 Å². The van der Waals surface area contributed by atoms with Gasteiger partial charge in [-0.2, -0.15) is 15.2 Å². The summed E-state index contributed by atoms with van der Waals surface area (Å²) in [6, 6.07) is 22.5. The molecule has 0 atom stereocenters. The first-order chi connectivity index (χ1) is 32.0. The minimum atomic E-state index is -1.18. The number of carbonyl (C=O) groups excluding carboxylic acids is 1. The van der Waals surface area contributed by atoms with Crippen molar-refractivity contribution in [1.29, 1.82) is 0 Å². The average Bonchev–Trinajstić information content (AvgIpc) is 3.81. The molecule has 0 unspecified atom stereocenters. The number of methoxy groups -OCH3 is 2. The minimum absolute atomic E-state index is 0.0927. The highest BCUT2D eigenvalue weighted by Crippen LogP contribution is 2.45. The number of hydrogen-bond acceptors (Lipinski definition) is 14. The molecule has 17 heteroatoms. The Balaban J connectivity index is 0.881. The van der Waals surface area contributed by atoms with Gasteiger partial charge in [0, 0.05) is 80.1 Å². The Hall–Kier alpha value is -7.11. The van der Waals surface area contributed by atoms with Gasteiger partial charge in [0.15, 0.2) is 23.0 Å². The summed E-state index contributed by atoms with van der Waals surface area (Å²) < 4.78 is 21.5. The van der Waals surface area contributed by atoms with Gasteiger partial charge >= 0.3 is 0 Å². The Morgan fingerprint density at radius 2 is 1.60 bits per heavy atom. The SMILES string of the molecule is C=CCn1c(=O)c2cnc(Nc3ccc(N4CCN(CC(C)(C)CC(C)(C)Oc5c(OC)cc(/N=N\c6cccc7c6CNC7=O)cc5OC)CC4)cc3)nc2n1-c1cccc(C(C)(C)O)n1. The normalized spacial score (nSPS) is 14.6. The lowest BCUT2D eigenvalue weighted by molar-refractivity contribution is 0.0351. The number of azo groups is 1. The molecule has 0 bridgehead atoms. The van der Waals surface area contributed by atoms with E-state index in [1.54, 1.807) is 81.3 Å².